The Kier molecular flexibility index (Phi) is 5.60. The van der Waals surface area contributed by atoms with Gasteiger partial charge in [-0.3, -0.25) is 9.69 Å². The van der Waals surface area contributed by atoms with Gasteiger partial charge in [0.2, 0.25) is 5.95 Å². The number of hydrogen-bond acceptors (Lipinski definition) is 8. The minimum absolute atomic E-state index is 0.0289. The van der Waals surface area contributed by atoms with E-state index in [9.17, 15) is 4.79 Å². The quantitative estimate of drug-likeness (QED) is 0.633. The maximum atomic E-state index is 12.0. The summed E-state index contributed by atoms with van der Waals surface area (Å²) < 4.78 is 11.9. The van der Waals surface area contributed by atoms with Crippen LogP contribution in [-0.2, 0) is 9.47 Å². The van der Waals surface area contributed by atoms with Crippen molar-refractivity contribution in [2.45, 2.75) is 31.2 Å². The van der Waals surface area contributed by atoms with Gasteiger partial charge in [-0.25, -0.2) is 9.97 Å². The zero-order valence-corrected chi connectivity index (χ0v) is 19.2. The highest BCUT2D eigenvalue weighted by molar-refractivity contribution is 5.95. The summed E-state index contributed by atoms with van der Waals surface area (Å²) in [5.41, 5.74) is 2.88. The van der Waals surface area contributed by atoms with Crippen LogP contribution in [-0.4, -0.2) is 84.0 Å². The third kappa shape index (κ3) is 3.89. The van der Waals surface area contributed by atoms with Gasteiger partial charge in [0, 0.05) is 48.4 Å². The molecule has 0 saturated carbocycles. The van der Waals surface area contributed by atoms with E-state index in [2.05, 4.69) is 20.1 Å². The number of hydrogen-bond donors (Lipinski definition) is 1. The summed E-state index contributed by atoms with van der Waals surface area (Å²) in [6, 6.07) is 12.2. The minimum Gasteiger partial charge on any atom is -0.378 e. The summed E-state index contributed by atoms with van der Waals surface area (Å²) >= 11 is 0. The van der Waals surface area contributed by atoms with Crippen LogP contribution in [0.5, 0.6) is 0 Å². The van der Waals surface area contributed by atoms with E-state index in [0.29, 0.717) is 35.8 Å². The number of ether oxygens (including phenoxy) is 2. The molecule has 2 bridgehead atoms. The number of benzene rings is 1. The molecule has 1 amide bonds. The van der Waals surface area contributed by atoms with Crippen molar-refractivity contribution in [3.63, 3.8) is 0 Å². The molecule has 9 nitrogen and oxygen atoms in total. The Morgan fingerprint density at radius 1 is 1.12 bits per heavy atom. The van der Waals surface area contributed by atoms with Crippen molar-refractivity contribution >= 4 is 22.9 Å². The first kappa shape index (κ1) is 21.4. The van der Waals surface area contributed by atoms with Gasteiger partial charge >= 0.3 is 0 Å². The number of carbonyl (C=O) groups excluding carboxylic acids is 1. The number of carbonyl (C=O) groups is 1. The Labute approximate surface area is 198 Å². The normalized spacial score (nSPS) is 25.0. The molecule has 6 rings (SSSR count). The lowest BCUT2D eigenvalue weighted by atomic mass is 10.1. The van der Waals surface area contributed by atoms with Gasteiger partial charge in [0.15, 0.2) is 5.65 Å². The molecule has 0 spiro atoms. The van der Waals surface area contributed by atoms with Crippen molar-refractivity contribution in [3.05, 3.63) is 48.2 Å². The summed E-state index contributed by atoms with van der Waals surface area (Å²) in [7, 11) is 1.63. The fourth-order valence-electron chi connectivity index (χ4n) is 5.30. The van der Waals surface area contributed by atoms with Crippen LogP contribution in [0.4, 0.5) is 5.95 Å². The molecule has 3 aliphatic rings. The van der Waals surface area contributed by atoms with Crippen LogP contribution >= 0.6 is 0 Å². The molecular formula is C25H28N6O3. The van der Waals surface area contributed by atoms with Crippen molar-refractivity contribution in [1.82, 2.24) is 25.2 Å². The van der Waals surface area contributed by atoms with Gasteiger partial charge in [0.05, 0.1) is 32.1 Å². The average Bonchev–Trinajstić information content (AvgIpc) is 3.15. The molecule has 34 heavy (non-hydrogen) atoms. The second-order valence-corrected chi connectivity index (χ2v) is 9.08. The number of nitrogens with one attached hydrogen (secondary N) is 1. The lowest BCUT2D eigenvalue weighted by molar-refractivity contribution is -0.133. The molecule has 0 aliphatic carbocycles. The third-order valence-electron chi connectivity index (χ3n) is 7.04. The Morgan fingerprint density at radius 2 is 1.97 bits per heavy atom. The first-order valence-corrected chi connectivity index (χ1v) is 11.9. The number of pyridine rings is 1. The van der Waals surface area contributed by atoms with Crippen LogP contribution in [0, 0.1) is 0 Å². The lowest BCUT2D eigenvalue weighted by Gasteiger charge is -2.44. The smallest absolute Gasteiger partial charge is 0.251 e. The second kappa shape index (κ2) is 8.90. The highest BCUT2D eigenvalue weighted by Gasteiger charge is 2.43. The van der Waals surface area contributed by atoms with Crippen molar-refractivity contribution in [2.75, 3.05) is 44.9 Å². The van der Waals surface area contributed by atoms with E-state index < -0.39 is 0 Å². The van der Waals surface area contributed by atoms with Crippen molar-refractivity contribution in [3.8, 4) is 11.3 Å². The Morgan fingerprint density at radius 3 is 2.79 bits per heavy atom. The fraction of sp³-hybridized carbons (Fsp3) is 0.440. The molecule has 5 heterocycles. The average molecular weight is 461 g/mol. The Balaban J connectivity index is 1.26. The van der Waals surface area contributed by atoms with E-state index in [1.807, 2.05) is 36.5 Å². The molecule has 0 radical (unpaired) electrons. The van der Waals surface area contributed by atoms with Crippen LogP contribution < -0.4 is 10.2 Å². The van der Waals surface area contributed by atoms with Crippen LogP contribution in [0.1, 0.15) is 23.2 Å². The number of rotatable bonds is 4. The fourth-order valence-corrected chi connectivity index (χ4v) is 5.30. The predicted molar refractivity (Wildman–Crippen MR) is 128 cm³/mol. The second-order valence-electron chi connectivity index (χ2n) is 9.08. The van der Waals surface area contributed by atoms with Crippen molar-refractivity contribution < 1.29 is 14.3 Å². The van der Waals surface area contributed by atoms with Gasteiger partial charge < -0.3 is 19.7 Å². The zero-order chi connectivity index (χ0) is 23.1. The number of amides is 1. The van der Waals surface area contributed by atoms with E-state index in [1.165, 1.54) is 12.8 Å². The molecule has 3 atom stereocenters. The maximum absolute atomic E-state index is 12.0. The van der Waals surface area contributed by atoms with Crippen LogP contribution in [0.3, 0.4) is 0 Å². The zero-order valence-electron chi connectivity index (χ0n) is 19.2. The van der Waals surface area contributed by atoms with Gasteiger partial charge in [0.25, 0.3) is 5.91 Å². The molecular weight excluding hydrogens is 432 g/mol. The van der Waals surface area contributed by atoms with Crippen LogP contribution in [0.25, 0.3) is 22.3 Å². The number of fused-ring (bicyclic) bond motifs is 3. The first-order chi connectivity index (χ1) is 16.7. The monoisotopic (exact) mass is 460 g/mol. The number of nitrogens with zero attached hydrogens (tertiary/aromatic N) is 5. The SMILES string of the molecule is CNC(=O)c1cccc(-c2ccc3cnc(N4CCOC(N5C6CCC5COC6)C4)nc3n2)c1. The molecule has 176 valence electrons. The van der Waals surface area contributed by atoms with Crippen LogP contribution in [0.15, 0.2) is 42.6 Å². The minimum atomic E-state index is -0.122. The summed E-state index contributed by atoms with van der Waals surface area (Å²) in [5, 5.41) is 3.54. The molecule has 1 aromatic carbocycles. The summed E-state index contributed by atoms with van der Waals surface area (Å²) in [5.74, 6) is 0.549. The molecule has 1 N–H and O–H groups in total. The number of aromatic nitrogens is 3. The number of anilines is 1. The molecule has 2 aromatic heterocycles. The highest BCUT2D eigenvalue weighted by atomic mass is 16.5. The van der Waals surface area contributed by atoms with E-state index in [0.717, 1.165) is 42.9 Å². The summed E-state index contributed by atoms with van der Waals surface area (Å²) in [4.78, 5) is 31.0. The van der Waals surface area contributed by atoms with Crippen molar-refractivity contribution in [2.24, 2.45) is 0 Å². The summed E-state index contributed by atoms with van der Waals surface area (Å²) in [6.45, 7) is 3.69. The van der Waals surface area contributed by atoms with E-state index in [1.54, 1.807) is 13.1 Å². The van der Waals surface area contributed by atoms with Gasteiger partial charge in [-0.05, 0) is 37.1 Å². The molecule has 3 aliphatic heterocycles. The molecule has 3 saturated heterocycles. The van der Waals surface area contributed by atoms with E-state index in [4.69, 9.17) is 19.4 Å². The van der Waals surface area contributed by atoms with Gasteiger partial charge in [0.1, 0.15) is 6.23 Å². The lowest BCUT2D eigenvalue weighted by Crippen LogP contribution is -2.58. The number of morpholine rings is 2. The standard InChI is InChI=1S/C25H28N6O3/c1-26-24(32)17-4-2-3-16(11-17)21-8-5-18-12-27-25(29-23(18)28-21)30-9-10-34-22(13-30)31-19-6-7-20(31)15-33-14-19/h2-5,8,11-12,19-20,22H,6-7,9-10,13-15H2,1H3,(H,26,32). The first-order valence-electron chi connectivity index (χ1n) is 11.9. The maximum Gasteiger partial charge on any atom is 0.251 e. The van der Waals surface area contributed by atoms with Gasteiger partial charge in [-0.2, -0.15) is 4.98 Å². The predicted octanol–water partition coefficient (Wildman–Crippen LogP) is 2.08. The molecule has 3 aromatic rings. The Bertz CT molecular complexity index is 1200. The molecule has 3 fully saturated rings. The van der Waals surface area contributed by atoms with Crippen LogP contribution in [0.2, 0.25) is 0 Å². The van der Waals surface area contributed by atoms with E-state index in [-0.39, 0.29) is 12.1 Å². The van der Waals surface area contributed by atoms with Gasteiger partial charge in [-0.1, -0.05) is 12.1 Å². The summed E-state index contributed by atoms with van der Waals surface area (Å²) in [6.07, 6.45) is 4.20. The van der Waals surface area contributed by atoms with Gasteiger partial charge in [-0.15, -0.1) is 0 Å². The topological polar surface area (TPSA) is 92.7 Å². The van der Waals surface area contributed by atoms with Crippen molar-refractivity contribution in [1.29, 1.82) is 0 Å². The van der Waals surface area contributed by atoms with E-state index >= 15 is 0 Å². The molecule has 9 heteroatoms. The Hall–Kier alpha value is -3.14. The largest absolute Gasteiger partial charge is 0.378 e. The molecule has 3 unspecified atom stereocenters. The highest BCUT2D eigenvalue weighted by Crippen LogP contribution is 2.32. The third-order valence-corrected chi connectivity index (χ3v) is 7.04.